The number of hydrogen-bond donors (Lipinski definition) is 4. The number of rotatable bonds is 5. The fourth-order valence-electron chi connectivity index (χ4n) is 4.46. The van der Waals surface area contributed by atoms with Crippen LogP contribution in [0.3, 0.4) is 0 Å². The van der Waals surface area contributed by atoms with Crippen molar-refractivity contribution < 1.29 is 9.90 Å². The van der Waals surface area contributed by atoms with Gasteiger partial charge in [0.05, 0.1) is 4.88 Å². The molecule has 2 aromatic heterocycles. The van der Waals surface area contributed by atoms with Crippen LogP contribution in [-0.4, -0.2) is 39.5 Å². The lowest BCUT2D eigenvalue weighted by atomic mass is 9.80. The Kier molecular flexibility index (Phi) is 5.58. The molecule has 4 N–H and O–H groups in total. The molecule has 0 spiro atoms. The molecule has 0 bridgehead atoms. The Bertz CT molecular complexity index is 1010. The normalized spacial score (nSPS) is 19.2. The Morgan fingerprint density at radius 1 is 1.38 bits per heavy atom. The second kappa shape index (κ2) is 8.29. The van der Waals surface area contributed by atoms with Crippen LogP contribution in [0.15, 0.2) is 41.9 Å². The molecule has 0 aliphatic heterocycles. The molecular weight excluding hydrogens is 384 g/mol. The molecule has 1 saturated carbocycles. The summed E-state index contributed by atoms with van der Waals surface area (Å²) in [6.07, 6.45) is 5.15. The summed E-state index contributed by atoms with van der Waals surface area (Å²) in [7, 11) is 0. The van der Waals surface area contributed by atoms with Gasteiger partial charge in [0.25, 0.3) is 0 Å². The summed E-state index contributed by atoms with van der Waals surface area (Å²) in [4.78, 5) is 17.4. The molecule has 6 nitrogen and oxygen atoms in total. The number of carbonyl (C=O) groups is 1. The van der Waals surface area contributed by atoms with Crippen molar-refractivity contribution in [2.75, 3.05) is 11.9 Å². The Hall–Kier alpha value is -2.80. The number of aromatic amines is 1. The third-order valence-corrected chi connectivity index (χ3v) is 6.75. The molecule has 1 aromatic carbocycles. The molecule has 1 fully saturated rings. The summed E-state index contributed by atoms with van der Waals surface area (Å²) >= 11 is 1.54. The maximum atomic E-state index is 11.6. The summed E-state index contributed by atoms with van der Waals surface area (Å²) in [5.74, 6) is 0.733. The molecular formula is C22H26N4O2S. The number of benzene rings is 1. The highest BCUT2D eigenvalue weighted by molar-refractivity contribution is 7.12. The van der Waals surface area contributed by atoms with Gasteiger partial charge in [-0.05, 0) is 67.3 Å². The first-order valence-corrected chi connectivity index (χ1v) is 10.9. The van der Waals surface area contributed by atoms with Gasteiger partial charge in [0, 0.05) is 35.4 Å². The third kappa shape index (κ3) is 4.00. The molecule has 1 aliphatic rings. The van der Waals surface area contributed by atoms with Crippen LogP contribution in [0.5, 0.6) is 0 Å². The van der Waals surface area contributed by atoms with Gasteiger partial charge in [-0.2, -0.15) is 0 Å². The Morgan fingerprint density at radius 3 is 2.97 bits per heavy atom. The zero-order valence-corrected chi connectivity index (χ0v) is 17.3. The largest absolute Gasteiger partial charge is 0.465 e. The monoisotopic (exact) mass is 410 g/mol. The van der Waals surface area contributed by atoms with Gasteiger partial charge in [0.2, 0.25) is 0 Å². The molecule has 0 radical (unpaired) electrons. The van der Waals surface area contributed by atoms with E-state index in [1.54, 1.807) is 16.2 Å². The maximum absolute atomic E-state index is 11.6. The predicted molar refractivity (Wildman–Crippen MR) is 118 cm³/mol. The van der Waals surface area contributed by atoms with E-state index in [9.17, 15) is 9.90 Å². The lowest BCUT2D eigenvalue weighted by Gasteiger charge is -2.35. The van der Waals surface area contributed by atoms with E-state index < -0.39 is 6.09 Å². The number of nitrogens with zero attached hydrogens (tertiary/aromatic N) is 1. The summed E-state index contributed by atoms with van der Waals surface area (Å²) in [6, 6.07) is 10.1. The second-order valence-electron chi connectivity index (χ2n) is 7.57. The molecule has 3 aromatic rings. The number of thiophene rings is 1. The van der Waals surface area contributed by atoms with Crippen molar-refractivity contribution >= 4 is 39.9 Å². The number of nitrogens with one attached hydrogen (secondary N) is 3. The number of H-pyrrole nitrogens is 1. The van der Waals surface area contributed by atoms with Crippen LogP contribution >= 0.6 is 11.3 Å². The average Bonchev–Trinajstić information content (AvgIpc) is 3.38. The van der Waals surface area contributed by atoms with Crippen LogP contribution in [0, 0.1) is 5.41 Å². The topological polar surface area (TPSA) is 92.2 Å². The van der Waals surface area contributed by atoms with Crippen molar-refractivity contribution in [3.05, 3.63) is 52.3 Å². The minimum atomic E-state index is -0.823. The second-order valence-corrected chi connectivity index (χ2v) is 8.52. The summed E-state index contributed by atoms with van der Waals surface area (Å²) < 4.78 is 0. The first kappa shape index (κ1) is 19.5. The van der Waals surface area contributed by atoms with Crippen molar-refractivity contribution in [2.24, 2.45) is 0 Å². The SMILES string of the molecule is CCN(C(=O)O)C1CCCC(c2c[nH]c3ccc(NC(=N)c4cccs4)cc23)C1. The molecule has 2 unspecified atom stereocenters. The van der Waals surface area contributed by atoms with Gasteiger partial charge in [-0.1, -0.05) is 12.5 Å². The molecule has 2 heterocycles. The van der Waals surface area contributed by atoms with Crippen molar-refractivity contribution in [1.82, 2.24) is 9.88 Å². The number of amides is 1. The van der Waals surface area contributed by atoms with Crippen LogP contribution in [0.4, 0.5) is 10.5 Å². The van der Waals surface area contributed by atoms with Gasteiger partial charge in [-0.25, -0.2) is 4.79 Å². The minimum Gasteiger partial charge on any atom is -0.465 e. The van der Waals surface area contributed by atoms with E-state index in [-0.39, 0.29) is 6.04 Å². The third-order valence-electron chi connectivity index (χ3n) is 5.86. The van der Waals surface area contributed by atoms with Gasteiger partial charge >= 0.3 is 6.09 Å². The molecule has 4 rings (SSSR count). The van der Waals surface area contributed by atoms with E-state index in [1.165, 1.54) is 5.56 Å². The highest BCUT2D eigenvalue weighted by Crippen LogP contribution is 2.39. The van der Waals surface area contributed by atoms with Crippen molar-refractivity contribution in [2.45, 2.75) is 44.6 Å². The first-order chi connectivity index (χ1) is 14.1. The molecule has 2 atom stereocenters. The van der Waals surface area contributed by atoms with E-state index in [0.717, 1.165) is 47.2 Å². The van der Waals surface area contributed by atoms with Crippen LogP contribution in [0.1, 0.15) is 49.0 Å². The van der Waals surface area contributed by atoms with Crippen LogP contribution in [-0.2, 0) is 0 Å². The Morgan fingerprint density at radius 2 is 2.24 bits per heavy atom. The zero-order valence-electron chi connectivity index (χ0n) is 16.4. The van der Waals surface area contributed by atoms with Crippen molar-refractivity contribution in [3.8, 4) is 0 Å². The van der Waals surface area contributed by atoms with E-state index in [0.29, 0.717) is 18.3 Å². The van der Waals surface area contributed by atoms with Crippen LogP contribution in [0.2, 0.25) is 0 Å². The molecule has 152 valence electrons. The smallest absolute Gasteiger partial charge is 0.407 e. The van der Waals surface area contributed by atoms with E-state index in [2.05, 4.69) is 22.6 Å². The summed E-state index contributed by atoms with van der Waals surface area (Å²) in [5, 5.41) is 24.1. The van der Waals surface area contributed by atoms with E-state index in [1.807, 2.05) is 36.6 Å². The van der Waals surface area contributed by atoms with Crippen molar-refractivity contribution in [3.63, 3.8) is 0 Å². The Balaban J connectivity index is 1.57. The molecule has 29 heavy (non-hydrogen) atoms. The fourth-order valence-corrected chi connectivity index (χ4v) is 5.09. The van der Waals surface area contributed by atoms with Gasteiger partial charge in [-0.15, -0.1) is 11.3 Å². The average molecular weight is 411 g/mol. The molecule has 1 amide bonds. The number of hydrogen-bond acceptors (Lipinski definition) is 3. The maximum Gasteiger partial charge on any atom is 0.407 e. The number of aromatic nitrogens is 1. The lowest BCUT2D eigenvalue weighted by molar-refractivity contribution is 0.111. The molecule has 7 heteroatoms. The summed E-state index contributed by atoms with van der Waals surface area (Å²) in [6.45, 7) is 2.43. The first-order valence-electron chi connectivity index (χ1n) is 10.1. The van der Waals surface area contributed by atoms with E-state index >= 15 is 0 Å². The van der Waals surface area contributed by atoms with Gasteiger partial charge in [0.1, 0.15) is 5.84 Å². The van der Waals surface area contributed by atoms with E-state index in [4.69, 9.17) is 5.41 Å². The van der Waals surface area contributed by atoms with Gasteiger partial charge in [-0.3, -0.25) is 5.41 Å². The molecule has 0 saturated heterocycles. The standard InChI is InChI=1S/C22H26N4O2S/c1-2-26(22(27)28)16-6-3-5-14(11-16)18-13-24-19-9-8-15(12-17(18)19)25-21(23)20-7-4-10-29-20/h4,7-10,12-14,16,24H,2-3,5-6,11H2,1H3,(H2,23,25)(H,27,28). The number of carboxylic acid groups (broad SMARTS) is 1. The zero-order chi connectivity index (χ0) is 20.4. The van der Waals surface area contributed by atoms with Gasteiger partial charge in [0.15, 0.2) is 0 Å². The van der Waals surface area contributed by atoms with Crippen LogP contribution in [0.25, 0.3) is 10.9 Å². The highest BCUT2D eigenvalue weighted by Gasteiger charge is 2.30. The predicted octanol–water partition coefficient (Wildman–Crippen LogP) is 5.69. The quantitative estimate of drug-likeness (QED) is 0.321. The lowest BCUT2D eigenvalue weighted by Crippen LogP contribution is -2.41. The number of anilines is 1. The number of amidine groups is 1. The summed E-state index contributed by atoms with van der Waals surface area (Å²) in [5.41, 5.74) is 3.21. The highest BCUT2D eigenvalue weighted by atomic mass is 32.1. The fraction of sp³-hybridized carbons (Fsp3) is 0.364. The molecule has 1 aliphatic carbocycles. The van der Waals surface area contributed by atoms with Crippen molar-refractivity contribution in [1.29, 1.82) is 5.41 Å². The minimum absolute atomic E-state index is 0.0783. The van der Waals surface area contributed by atoms with Gasteiger partial charge < -0.3 is 20.3 Å². The Labute approximate surface area is 174 Å². The number of fused-ring (bicyclic) bond motifs is 1. The van der Waals surface area contributed by atoms with Crippen LogP contribution < -0.4 is 5.32 Å².